The number of benzene rings is 2. The first-order chi connectivity index (χ1) is 13.3. The Labute approximate surface area is 170 Å². The van der Waals surface area contributed by atoms with E-state index in [1.54, 1.807) is 24.3 Å². The average Bonchev–Trinajstić information content (AvgIpc) is 2.64. The van der Waals surface area contributed by atoms with Crippen LogP contribution >= 0.6 is 11.6 Å². The van der Waals surface area contributed by atoms with Crippen molar-refractivity contribution in [1.82, 2.24) is 4.90 Å². The van der Waals surface area contributed by atoms with Crippen LogP contribution in [-0.4, -0.2) is 41.8 Å². The standard InChI is InChI=1S/C22H25ClN2O3/c1-15(26)16-7-6-8-17(11-16)24-21(27)13-25-12-20(28-14-22(25,2)3)18-9-4-5-10-19(18)23/h4-11,20H,12-14H2,1-3H3,(H,24,27)/t20-/m0/s1. The first kappa shape index (κ1) is 20.5. The Bertz CT molecular complexity index is 882. The predicted octanol–water partition coefficient (Wildman–Crippen LogP) is 4.33. The number of ketones is 1. The maximum atomic E-state index is 12.7. The van der Waals surface area contributed by atoms with E-state index in [0.717, 1.165) is 5.56 Å². The molecule has 0 aromatic heterocycles. The lowest BCUT2D eigenvalue weighted by Gasteiger charge is -2.45. The van der Waals surface area contributed by atoms with Gasteiger partial charge in [-0.1, -0.05) is 41.9 Å². The molecular weight excluding hydrogens is 376 g/mol. The van der Waals surface area contributed by atoms with Gasteiger partial charge in [-0.05, 0) is 39.0 Å². The third-order valence-electron chi connectivity index (χ3n) is 5.02. The number of nitrogens with one attached hydrogen (secondary N) is 1. The first-order valence-electron chi connectivity index (χ1n) is 9.28. The molecule has 0 unspecified atom stereocenters. The van der Waals surface area contributed by atoms with Crippen LogP contribution in [0.15, 0.2) is 48.5 Å². The van der Waals surface area contributed by atoms with E-state index in [4.69, 9.17) is 16.3 Å². The molecule has 0 bridgehead atoms. The lowest BCUT2D eigenvalue weighted by molar-refractivity contribution is -0.128. The van der Waals surface area contributed by atoms with Crippen LogP contribution < -0.4 is 5.32 Å². The van der Waals surface area contributed by atoms with Crippen LogP contribution in [-0.2, 0) is 9.53 Å². The summed E-state index contributed by atoms with van der Waals surface area (Å²) in [6.45, 7) is 6.90. The molecule has 1 amide bonds. The molecule has 2 aromatic rings. The maximum Gasteiger partial charge on any atom is 0.238 e. The summed E-state index contributed by atoms with van der Waals surface area (Å²) in [4.78, 5) is 26.3. The fourth-order valence-electron chi connectivity index (χ4n) is 3.29. The fraction of sp³-hybridized carbons (Fsp3) is 0.364. The van der Waals surface area contributed by atoms with Crippen molar-refractivity contribution in [3.05, 3.63) is 64.7 Å². The highest BCUT2D eigenvalue weighted by Crippen LogP contribution is 2.33. The number of morpholine rings is 1. The van der Waals surface area contributed by atoms with Gasteiger partial charge in [-0.25, -0.2) is 0 Å². The molecule has 1 N–H and O–H groups in total. The van der Waals surface area contributed by atoms with Gasteiger partial charge in [0.15, 0.2) is 5.78 Å². The van der Waals surface area contributed by atoms with Crippen LogP contribution in [0.1, 0.15) is 42.8 Å². The molecule has 3 rings (SSSR count). The van der Waals surface area contributed by atoms with E-state index in [0.29, 0.717) is 29.4 Å². The van der Waals surface area contributed by atoms with Gasteiger partial charge in [0.25, 0.3) is 0 Å². The smallest absolute Gasteiger partial charge is 0.238 e. The zero-order valence-electron chi connectivity index (χ0n) is 16.4. The molecule has 5 nitrogen and oxygen atoms in total. The zero-order chi connectivity index (χ0) is 20.3. The van der Waals surface area contributed by atoms with Crippen molar-refractivity contribution in [2.24, 2.45) is 0 Å². The number of carbonyl (C=O) groups excluding carboxylic acids is 2. The van der Waals surface area contributed by atoms with E-state index < -0.39 is 0 Å². The van der Waals surface area contributed by atoms with Crippen molar-refractivity contribution < 1.29 is 14.3 Å². The van der Waals surface area contributed by atoms with Gasteiger partial charge in [0.2, 0.25) is 5.91 Å². The van der Waals surface area contributed by atoms with Crippen LogP contribution in [0.4, 0.5) is 5.69 Å². The second-order valence-electron chi connectivity index (χ2n) is 7.70. The maximum absolute atomic E-state index is 12.7. The van der Waals surface area contributed by atoms with Gasteiger partial charge in [-0.15, -0.1) is 0 Å². The normalized spacial score (nSPS) is 19.2. The Balaban J connectivity index is 1.70. The van der Waals surface area contributed by atoms with E-state index in [9.17, 15) is 9.59 Å². The number of hydrogen-bond acceptors (Lipinski definition) is 4. The van der Waals surface area contributed by atoms with E-state index in [-0.39, 0.29) is 29.9 Å². The summed E-state index contributed by atoms with van der Waals surface area (Å²) in [6.07, 6.45) is -0.185. The second kappa shape index (κ2) is 8.43. The molecule has 1 heterocycles. The minimum absolute atomic E-state index is 0.0343. The summed E-state index contributed by atoms with van der Waals surface area (Å²) < 4.78 is 6.04. The van der Waals surface area contributed by atoms with Gasteiger partial charge >= 0.3 is 0 Å². The summed E-state index contributed by atoms with van der Waals surface area (Å²) in [6, 6.07) is 14.6. The third kappa shape index (κ3) is 4.79. The van der Waals surface area contributed by atoms with Gasteiger partial charge < -0.3 is 10.1 Å². The summed E-state index contributed by atoms with van der Waals surface area (Å²) in [7, 11) is 0. The summed E-state index contributed by atoms with van der Waals surface area (Å²) in [5, 5.41) is 3.55. The molecule has 0 spiro atoms. The molecule has 1 aliphatic heterocycles. The molecule has 0 saturated carbocycles. The quantitative estimate of drug-likeness (QED) is 0.759. The topological polar surface area (TPSA) is 58.6 Å². The van der Waals surface area contributed by atoms with E-state index in [2.05, 4.69) is 24.1 Å². The number of hydrogen-bond donors (Lipinski definition) is 1. The van der Waals surface area contributed by atoms with Crippen molar-refractivity contribution in [2.75, 3.05) is 25.0 Å². The zero-order valence-corrected chi connectivity index (χ0v) is 17.1. The molecule has 28 heavy (non-hydrogen) atoms. The van der Waals surface area contributed by atoms with E-state index >= 15 is 0 Å². The SMILES string of the molecule is CC(=O)c1cccc(NC(=O)CN2C[C@@H](c3ccccc3Cl)OCC2(C)C)c1. The highest BCUT2D eigenvalue weighted by atomic mass is 35.5. The molecule has 148 valence electrons. The Morgan fingerprint density at radius 3 is 2.68 bits per heavy atom. The molecule has 0 radical (unpaired) electrons. The molecule has 2 aromatic carbocycles. The fourth-order valence-corrected chi connectivity index (χ4v) is 3.55. The van der Waals surface area contributed by atoms with Gasteiger partial charge in [0.1, 0.15) is 0 Å². The molecule has 1 atom stereocenters. The lowest BCUT2D eigenvalue weighted by Crippen LogP contribution is -2.55. The summed E-state index contributed by atoms with van der Waals surface area (Å²) in [5.74, 6) is -0.165. The third-order valence-corrected chi connectivity index (χ3v) is 5.36. The van der Waals surface area contributed by atoms with Crippen LogP contribution in [0.5, 0.6) is 0 Å². The Hall–Kier alpha value is -2.21. The molecule has 0 aliphatic carbocycles. The Morgan fingerprint density at radius 1 is 1.21 bits per heavy atom. The van der Waals surface area contributed by atoms with Gasteiger partial charge in [0, 0.05) is 33.9 Å². The van der Waals surface area contributed by atoms with Crippen LogP contribution in [0.2, 0.25) is 5.02 Å². The number of ether oxygens (including phenoxy) is 1. The summed E-state index contributed by atoms with van der Waals surface area (Å²) >= 11 is 6.32. The van der Waals surface area contributed by atoms with Gasteiger partial charge in [-0.3, -0.25) is 14.5 Å². The lowest BCUT2D eigenvalue weighted by atomic mass is 9.98. The number of carbonyl (C=O) groups is 2. The second-order valence-corrected chi connectivity index (χ2v) is 8.11. The molecule has 1 aliphatic rings. The summed E-state index contributed by atoms with van der Waals surface area (Å²) in [5.41, 5.74) is 1.84. The minimum atomic E-state index is -0.281. The largest absolute Gasteiger partial charge is 0.370 e. The number of anilines is 1. The first-order valence-corrected chi connectivity index (χ1v) is 9.66. The highest BCUT2D eigenvalue weighted by Gasteiger charge is 2.37. The molecule has 6 heteroatoms. The molecule has 1 fully saturated rings. The molecular formula is C22H25ClN2O3. The minimum Gasteiger partial charge on any atom is -0.370 e. The van der Waals surface area contributed by atoms with Crippen molar-refractivity contribution in [1.29, 1.82) is 0 Å². The monoisotopic (exact) mass is 400 g/mol. The Morgan fingerprint density at radius 2 is 1.96 bits per heavy atom. The van der Waals surface area contributed by atoms with Gasteiger partial charge in [-0.2, -0.15) is 0 Å². The van der Waals surface area contributed by atoms with Crippen LogP contribution in [0.25, 0.3) is 0 Å². The van der Waals surface area contributed by atoms with Crippen molar-refractivity contribution in [3.63, 3.8) is 0 Å². The van der Waals surface area contributed by atoms with E-state index in [1.807, 2.05) is 24.3 Å². The van der Waals surface area contributed by atoms with Crippen molar-refractivity contribution in [3.8, 4) is 0 Å². The average molecular weight is 401 g/mol. The number of nitrogens with zero attached hydrogens (tertiary/aromatic N) is 1. The van der Waals surface area contributed by atoms with E-state index in [1.165, 1.54) is 6.92 Å². The predicted molar refractivity (Wildman–Crippen MR) is 111 cm³/mol. The van der Waals surface area contributed by atoms with Crippen molar-refractivity contribution in [2.45, 2.75) is 32.4 Å². The number of Topliss-reactive ketones (excluding diaryl/α,β-unsaturated/α-hetero) is 1. The number of rotatable bonds is 5. The van der Waals surface area contributed by atoms with Gasteiger partial charge in [0.05, 0.1) is 19.3 Å². The van der Waals surface area contributed by atoms with Crippen molar-refractivity contribution >= 4 is 29.0 Å². The van der Waals surface area contributed by atoms with Crippen LogP contribution in [0, 0.1) is 0 Å². The van der Waals surface area contributed by atoms with Crippen LogP contribution in [0.3, 0.4) is 0 Å². The number of halogens is 1. The highest BCUT2D eigenvalue weighted by molar-refractivity contribution is 6.31. The Kier molecular flexibility index (Phi) is 6.18. The number of amides is 1. The molecule has 1 saturated heterocycles.